The van der Waals surface area contributed by atoms with Crippen LogP contribution in [0.15, 0.2) is 53.4 Å². The summed E-state index contributed by atoms with van der Waals surface area (Å²) in [6.07, 6.45) is 0. The van der Waals surface area contributed by atoms with Crippen molar-refractivity contribution in [3.8, 4) is 0 Å². The van der Waals surface area contributed by atoms with Gasteiger partial charge in [0.05, 0.1) is 11.4 Å². The second-order valence-corrected chi connectivity index (χ2v) is 7.88. The third-order valence-electron chi connectivity index (χ3n) is 3.46. The highest BCUT2D eigenvalue weighted by Crippen LogP contribution is 2.17. The van der Waals surface area contributed by atoms with Crippen molar-refractivity contribution in [3.05, 3.63) is 59.1 Å². The summed E-state index contributed by atoms with van der Waals surface area (Å²) in [7, 11) is -2.47. The maximum atomic E-state index is 12.4. The molecule has 132 valence electrons. The second kappa shape index (κ2) is 7.77. The number of anilines is 1. The zero-order chi connectivity index (χ0) is 18.6. The molecule has 0 spiro atoms. The van der Waals surface area contributed by atoms with Crippen molar-refractivity contribution >= 4 is 39.0 Å². The minimum atomic E-state index is -3.79. The van der Waals surface area contributed by atoms with E-state index >= 15 is 0 Å². The molecule has 0 aliphatic heterocycles. The third kappa shape index (κ3) is 4.88. The highest BCUT2D eigenvalue weighted by Gasteiger charge is 2.22. The summed E-state index contributed by atoms with van der Waals surface area (Å²) >= 11 is 5.75. The molecule has 0 fully saturated rings. The summed E-state index contributed by atoms with van der Waals surface area (Å²) < 4.78 is 25.8. The van der Waals surface area contributed by atoms with E-state index in [1.807, 2.05) is 0 Å². The van der Waals surface area contributed by atoms with E-state index in [0.717, 1.165) is 4.31 Å². The second-order valence-electron chi connectivity index (χ2n) is 5.40. The van der Waals surface area contributed by atoms with Crippen LogP contribution in [0, 0.1) is 0 Å². The molecule has 0 aliphatic rings. The third-order valence-corrected chi connectivity index (χ3v) is 5.53. The van der Waals surface area contributed by atoms with Crippen molar-refractivity contribution in [1.29, 1.82) is 0 Å². The number of carbonyl (C=O) groups excluding carboxylic acids is 2. The molecule has 0 radical (unpaired) electrons. The van der Waals surface area contributed by atoms with Crippen molar-refractivity contribution in [2.75, 3.05) is 18.9 Å². The summed E-state index contributed by atoms with van der Waals surface area (Å²) in [5, 5.41) is 3.02. The van der Waals surface area contributed by atoms with Crippen LogP contribution in [0.25, 0.3) is 0 Å². The van der Waals surface area contributed by atoms with Gasteiger partial charge < -0.3 is 5.32 Å². The van der Waals surface area contributed by atoms with Crippen LogP contribution >= 0.6 is 11.6 Å². The first kappa shape index (κ1) is 19.1. The van der Waals surface area contributed by atoms with Gasteiger partial charge in [-0.25, -0.2) is 8.42 Å². The van der Waals surface area contributed by atoms with Gasteiger partial charge in [-0.15, -0.1) is 0 Å². The molecule has 0 unspecified atom stereocenters. The number of nitrogens with one attached hydrogen (secondary N) is 1. The number of sulfonamides is 1. The van der Waals surface area contributed by atoms with Gasteiger partial charge in [0.2, 0.25) is 15.9 Å². The van der Waals surface area contributed by atoms with Crippen LogP contribution in [0.2, 0.25) is 5.02 Å². The van der Waals surface area contributed by atoms with Gasteiger partial charge in [-0.2, -0.15) is 4.31 Å². The average molecular weight is 381 g/mol. The molecule has 1 amide bonds. The molecule has 0 aromatic heterocycles. The SMILES string of the molecule is CC(=O)c1ccc(NC(=O)CN(C)S(=O)(=O)c2ccc(Cl)cc2)cc1. The molecule has 8 heteroatoms. The summed E-state index contributed by atoms with van der Waals surface area (Å²) in [5.74, 6) is -0.567. The highest BCUT2D eigenvalue weighted by molar-refractivity contribution is 7.89. The van der Waals surface area contributed by atoms with E-state index in [2.05, 4.69) is 5.32 Å². The largest absolute Gasteiger partial charge is 0.325 e. The van der Waals surface area contributed by atoms with Gasteiger partial charge in [-0.3, -0.25) is 9.59 Å². The van der Waals surface area contributed by atoms with E-state index in [1.54, 1.807) is 24.3 Å². The number of hydrogen-bond donors (Lipinski definition) is 1. The molecule has 25 heavy (non-hydrogen) atoms. The number of hydrogen-bond acceptors (Lipinski definition) is 4. The monoisotopic (exact) mass is 380 g/mol. The molecule has 2 aromatic carbocycles. The fourth-order valence-electron chi connectivity index (χ4n) is 2.06. The van der Waals surface area contributed by atoms with Crippen molar-refractivity contribution in [2.24, 2.45) is 0 Å². The molecule has 2 aromatic rings. The average Bonchev–Trinajstić information content (AvgIpc) is 2.55. The van der Waals surface area contributed by atoms with Gasteiger partial charge in [0, 0.05) is 23.3 Å². The molecule has 0 atom stereocenters. The normalized spacial score (nSPS) is 11.4. The first-order valence-corrected chi connectivity index (χ1v) is 9.15. The van der Waals surface area contributed by atoms with Gasteiger partial charge in [0.25, 0.3) is 0 Å². The lowest BCUT2D eigenvalue weighted by atomic mass is 10.1. The van der Waals surface area contributed by atoms with Crippen LogP contribution in [-0.4, -0.2) is 38.0 Å². The van der Waals surface area contributed by atoms with Gasteiger partial charge in [-0.05, 0) is 55.5 Å². The first-order chi connectivity index (χ1) is 11.7. The van der Waals surface area contributed by atoms with E-state index in [1.165, 1.54) is 38.2 Å². The van der Waals surface area contributed by atoms with Crippen molar-refractivity contribution in [3.63, 3.8) is 0 Å². The fourth-order valence-corrected chi connectivity index (χ4v) is 3.32. The first-order valence-electron chi connectivity index (χ1n) is 7.33. The maximum Gasteiger partial charge on any atom is 0.243 e. The molecule has 2 rings (SSSR count). The number of benzene rings is 2. The van der Waals surface area contributed by atoms with E-state index in [-0.39, 0.29) is 17.2 Å². The van der Waals surface area contributed by atoms with Crippen LogP contribution in [-0.2, 0) is 14.8 Å². The van der Waals surface area contributed by atoms with Crippen LogP contribution < -0.4 is 5.32 Å². The summed E-state index contributed by atoms with van der Waals surface area (Å²) in [5.41, 5.74) is 1.01. The van der Waals surface area contributed by atoms with Crippen LogP contribution in [0.5, 0.6) is 0 Å². The van der Waals surface area contributed by atoms with Gasteiger partial charge in [0.15, 0.2) is 5.78 Å². The summed E-state index contributed by atoms with van der Waals surface area (Å²) in [6.45, 7) is 1.10. The Balaban J connectivity index is 2.04. The van der Waals surface area contributed by atoms with Crippen molar-refractivity contribution < 1.29 is 18.0 Å². The number of halogens is 1. The quantitative estimate of drug-likeness (QED) is 0.781. The minimum absolute atomic E-state index is 0.0537. The summed E-state index contributed by atoms with van der Waals surface area (Å²) in [4.78, 5) is 23.3. The molecule has 0 saturated heterocycles. The van der Waals surface area contributed by atoms with E-state index < -0.39 is 15.9 Å². The Morgan fingerprint density at radius 3 is 2.12 bits per heavy atom. The minimum Gasteiger partial charge on any atom is -0.325 e. The van der Waals surface area contributed by atoms with E-state index in [4.69, 9.17) is 11.6 Å². The predicted octanol–water partition coefficient (Wildman–Crippen LogP) is 2.80. The number of likely N-dealkylation sites (N-methyl/N-ethyl adjacent to an activating group) is 1. The Morgan fingerprint density at radius 2 is 1.60 bits per heavy atom. The lowest BCUT2D eigenvalue weighted by Gasteiger charge is -2.17. The summed E-state index contributed by atoms with van der Waals surface area (Å²) in [6, 6.07) is 12.1. The number of ketones is 1. The zero-order valence-corrected chi connectivity index (χ0v) is 15.3. The lowest BCUT2D eigenvalue weighted by molar-refractivity contribution is -0.116. The smallest absolute Gasteiger partial charge is 0.243 e. The van der Waals surface area contributed by atoms with Gasteiger partial charge in [0.1, 0.15) is 0 Å². The maximum absolute atomic E-state index is 12.4. The zero-order valence-electron chi connectivity index (χ0n) is 13.7. The number of nitrogens with zero attached hydrogens (tertiary/aromatic N) is 1. The van der Waals surface area contributed by atoms with Crippen LogP contribution in [0.4, 0.5) is 5.69 Å². The van der Waals surface area contributed by atoms with Crippen molar-refractivity contribution in [1.82, 2.24) is 4.31 Å². The molecule has 0 heterocycles. The molecule has 0 saturated carbocycles. The van der Waals surface area contributed by atoms with Crippen LogP contribution in [0.1, 0.15) is 17.3 Å². The van der Waals surface area contributed by atoms with E-state index in [0.29, 0.717) is 16.3 Å². The topological polar surface area (TPSA) is 83.6 Å². The molecule has 1 N–H and O–H groups in total. The standard InChI is InChI=1S/C17H17ClN2O4S/c1-12(21)13-3-7-15(8-4-13)19-17(22)11-20(2)25(23,24)16-9-5-14(18)6-10-16/h3-10H,11H2,1-2H3,(H,19,22). The molecule has 0 aliphatic carbocycles. The van der Waals surface area contributed by atoms with Crippen LogP contribution in [0.3, 0.4) is 0 Å². The Hall–Kier alpha value is -2.22. The number of rotatable bonds is 6. The fraction of sp³-hybridized carbons (Fsp3) is 0.176. The molecule has 0 bridgehead atoms. The lowest BCUT2D eigenvalue weighted by Crippen LogP contribution is -2.34. The molecular weight excluding hydrogens is 364 g/mol. The Morgan fingerprint density at radius 1 is 1.04 bits per heavy atom. The Bertz CT molecular complexity index is 878. The molecule has 6 nitrogen and oxygen atoms in total. The number of Topliss-reactive ketones (excluding diaryl/α,β-unsaturated/α-hetero) is 1. The van der Waals surface area contributed by atoms with Gasteiger partial charge >= 0.3 is 0 Å². The van der Waals surface area contributed by atoms with E-state index in [9.17, 15) is 18.0 Å². The predicted molar refractivity (Wildman–Crippen MR) is 96.3 cm³/mol. The number of carbonyl (C=O) groups is 2. The Labute approximate surface area is 151 Å². The van der Waals surface area contributed by atoms with Gasteiger partial charge in [-0.1, -0.05) is 11.6 Å². The highest BCUT2D eigenvalue weighted by atomic mass is 35.5. The molecular formula is C17H17ClN2O4S. The van der Waals surface area contributed by atoms with Crippen molar-refractivity contribution in [2.45, 2.75) is 11.8 Å². The Kier molecular flexibility index (Phi) is 5.94. The number of amides is 1.